The summed E-state index contributed by atoms with van der Waals surface area (Å²) in [4.78, 5) is 176. The summed E-state index contributed by atoms with van der Waals surface area (Å²) in [6.45, 7) is 23.2. The zero-order chi connectivity index (χ0) is 71.6. The molecule has 0 aliphatic rings. The second-order valence-electron chi connectivity index (χ2n) is 24.8. The van der Waals surface area contributed by atoms with Crippen LogP contribution in [0.1, 0.15) is 155 Å². The second-order valence-corrected chi connectivity index (χ2v) is 24.8. The molecular formula is C59H112N22O12. The molecule has 12 amide bonds. The van der Waals surface area contributed by atoms with E-state index in [1.165, 1.54) is 13.8 Å². The summed E-state index contributed by atoms with van der Waals surface area (Å²) in [5.74, 6) is -12.7. The molecule has 0 saturated carbocycles. The number of hydrogen-bond donors (Lipinski definition) is 19. The van der Waals surface area contributed by atoms with Gasteiger partial charge in [0.2, 0.25) is 70.9 Å². The van der Waals surface area contributed by atoms with Gasteiger partial charge in [0.15, 0.2) is 17.9 Å². The Bertz CT molecular complexity index is 2570. The first kappa shape index (κ1) is 84.4. The molecule has 0 aliphatic heterocycles. The third kappa shape index (κ3) is 32.5. The molecule has 0 spiro atoms. The van der Waals surface area contributed by atoms with Crippen molar-refractivity contribution in [2.75, 3.05) is 26.2 Å². The quantitative estimate of drug-likeness (QED) is 0.0154. The summed E-state index contributed by atoms with van der Waals surface area (Å²) >= 11 is 0. The van der Waals surface area contributed by atoms with Gasteiger partial charge in [-0.3, -0.25) is 72.5 Å². The van der Waals surface area contributed by atoms with Gasteiger partial charge in [0.25, 0.3) is 0 Å². The van der Waals surface area contributed by atoms with Gasteiger partial charge in [0, 0.05) is 19.6 Å². The smallest absolute Gasteiger partial charge is 0.243 e. The van der Waals surface area contributed by atoms with E-state index in [-0.39, 0.29) is 88.5 Å². The van der Waals surface area contributed by atoms with Gasteiger partial charge in [-0.05, 0) is 94.3 Å². The van der Waals surface area contributed by atoms with Gasteiger partial charge in [-0.25, -0.2) is 0 Å². The van der Waals surface area contributed by atoms with Gasteiger partial charge in [0.1, 0.15) is 66.5 Å². The van der Waals surface area contributed by atoms with Gasteiger partial charge in [-0.2, -0.15) is 0 Å². The highest BCUT2D eigenvalue weighted by molar-refractivity contribution is 5.99. The normalized spacial score (nSPS) is 15.4. The minimum atomic E-state index is -1.35. The van der Waals surface area contributed by atoms with Crippen LogP contribution in [0.5, 0.6) is 0 Å². The zero-order valence-corrected chi connectivity index (χ0v) is 56.9. The number of nitrogens with two attached hydrogens (primary N) is 8. The van der Waals surface area contributed by atoms with Crippen molar-refractivity contribution in [3.05, 3.63) is 0 Å². The van der Waals surface area contributed by atoms with Crippen LogP contribution in [0.2, 0.25) is 0 Å². The van der Waals surface area contributed by atoms with Crippen LogP contribution in [0.15, 0.2) is 15.0 Å². The molecule has 0 aromatic carbocycles. The van der Waals surface area contributed by atoms with Crippen molar-refractivity contribution in [3.63, 3.8) is 0 Å². The van der Waals surface area contributed by atoms with E-state index in [9.17, 15) is 57.5 Å². The molecule has 530 valence electrons. The van der Waals surface area contributed by atoms with Crippen LogP contribution in [0, 0.1) is 35.5 Å². The van der Waals surface area contributed by atoms with Crippen LogP contribution in [0.4, 0.5) is 0 Å². The number of aliphatic imine (C=N–C) groups is 3. The largest absolute Gasteiger partial charge is 0.370 e. The first-order chi connectivity index (χ1) is 43.3. The molecule has 0 heterocycles. The Balaban J connectivity index is 6.81. The molecule has 93 heavy (non-hydrogen) atoms. The van der Waals surface area contributed by atoms with E-state index in [4.69, 9.17) is 45.9 Å². The number of carbonyl (C=O) groups is 12. The average Bonchev–Trinajstić information content (AvgIpc) is 0.914. The summed E-state index contributed by atoms with van der Waals surface area (Å²) in [6.07, 6.45) is 1.56. The average molecular weight is 1320 g/mol. The van der Waals surface area contributed by atoms with Crippen LogP contribution in [-0.4, -0.2) is 181 Å². The highest BCUT2D eigenvalue weighted by Gasteiger charge is 2.39. The fourth-order valence-electron chi connectivity index (χ4n) is 9.14. The van der Waals surface area contributed by atoms with Crippen molar-refractivity contribution in [2.24, 2.45) is 96.4 Å². The maximum absolute atomic E-state index is 14.5. The number of amides is 12. The van der Waals surface area contributed by atoms with Crippen molar-refractivity contribution in [1.82, 2.24) is 58.5 Å². The van der Waals surface area contributed by atoms with Gasteiger partial charge < -0.3 is 104 Å². The Morgan fingerprint density at radius 3 is 0.946 bits per heavy atom. The van der Waals surface area contributed by atoms with E-state index in [1.54, 1.807) is 69.2 Å². The lowest BCUT2D eigenvalue weighted by molar-refractivity contribution is -0.138. The highest BCUT2D eigenvalue weighted by Crippen LogP contribution is 2.16. The minimum absolute atomic E-state index is 0.0264. The van der Waals surface area contributed by atoms with Gasteiger partial charge in [-0.15, -0.1) is 0 Å². The van der Waals surface area contributed by atoms with Crippen molar-refractivity contribution in [1.29, 1.82) is 0 Å². The molecule has 0 unspecified atom stereocenters. The van der Waals surface area contributed by atoms with Gasteiger partial charge in [-0.1, -0.05) is 95.9 Å². The molecule has 0 aromatic rings. The maximum Gasteiger partial charge on any atom is 0.243 e. The third-order valence-electron chi connectivity index (χ3n) is 15.1. The standard InChI is InChI=1S/C59H112N22O12/c1-15-32(11)44(55(92)76-38(22-19-25-70-59(66)67)49(86)77-41(29(5)6)52(89)72-35(14)47(84)74-36(46(61)83)20-17-23-68-57(62)63)81-54(91)43(31(9)10)78-53(90)42(30(7)8)79-56(93)45(33(12)16-2)80-50(87)37(21-18-24-69-58(64)65)75-48(85)34(13)71-51(88)39(26-28(3)4)73-40(82)27-60/h28-39,41-45H,15-27,60H2,1-14H3,(H2,61,83)(H,71,88)(H,72,89)(H,73,82)(H,74,84)(H,75,85)(H,76,92)(H,77,86)(H,78,90)(H,79,93)(H,80,87)(H,81,91)(H4,62,63,68)(H4,64,65,69)(H4,66,67,70)/t32-,33-,34-,35-,36-,37-,38-,39-,41-,42-,43-,44-,45-/m0/s1. The second kappa shape index (κ2) is 43.3. The molecule has 0 fully saturated rings. The van der Waals surface area contributed by atoms with Crippen LogP contribution >= 0.6 is 0 Å². The maximum atomic E-state index is 14.5. The molecular weight excluding hydrogens is 1210 g/mol. The Morgan fingerprint density at radius 1 is 0.333 bits per heavy atom. The SMILES string of the molecule is CC[C@H](C)[C@H](NC(=O)[C@H](CCCN=C(N)N)NC(=O)[C@H](C)NC(=O)[C@H](CC(C)C)NC(=O)CN)C(=O)N[C@H](C(=O)N[C@H](C(=O)N[C@H](C(=O)N[C@@H](CCCN=C(N)N)C(=O)N[C@H](C(=O)N[C@@H](C)C(=O)N[C@@H](CCCN=C(N)N)C(N)=O)C(C)C)[C@@H](C)CC)C(C)C)C(C)C. The first-order valence-corrected chi connectivity index (χ1v) is 31.8. The predicted octanol–water partition coefficient (Wildman–Crippen LogP) is -4.93. The van der Waals surface area contributed by atoms with E-state index < -0.39 is 167 Å². The molecule has 0 rings (SSSR count). The number of nitrogens with zero attached hydrogens (tertiary/aromatic N) is 3. The molecule has 0 bridgehead atoms. The topological polar surface area (TPSA) is 582 Å². The highest BCUT2D eigenvalue weighted by atomic mass is 16.2. The molecule has 34 nitrogen and oxygen atoms in total. The first-order valence-electron chi connectivity index (χ1n) is 31.8. The Hall–Kier alpha value is -8.59. The number of primary amides is 1. The molecule has 0 aliphatic carbocycles. The number of nitrogens with one attached hydrogen (secondary N) is 11. The van der Waals surface area contributed by atoms with E-state index in [0.29, 0.717) is 19.3 Å². The summed E-state index contributed by atoms with van der Waals surface area (Å²) in [5, 5.41) is 29.2. The number of guanidine groups is 3. The molecule has 0 aromatic heterocycles. The summed E-state index contributed by atoms with van der Waals surface area (Å²) in [5.41, 5.74) is 43.8. The third-order valence-corrected chi connectivity index (χ3v) is 15.1. The Morgan fingerprint density at radius 2 is 0.613 bits per heavy atom. The van der Waals surface area contributed by atoms with E-state index in [2.05, 4.69) is 73.5 Å². The zero-order valence-electron chi connectivity index (χ0n) is 56.9. The van der Waals surface area contributed by atoms with Crippen molar-refractivity contribution in [2.45, 2.75) is 221 Å². The monoisotopic (exact) mass is 1320 g/mol. The molecule has 0 radical (unpaired) electrons. The number of hydrogen-bond acceptors (Lipinski definition) is 16. The lowest BCUT2D eigenvalue weighted by atomic mass is 9.94. The molecule has 0 saturated heterocycles. The van der Waals surface area contributed by atoms with E-state index >= 15 is 0 Å². The van der Waals surface area contributed by atoms with Crippen LogP contribution in [-0.2, 0) is 57.5 Å². The van der Waals surface area contributed by atoms with Crippen LogP contribution in [0.3, 0.4) is 0 Å². The Kier molecular flexibility index (Phi) is 39.3. The van der Waals surface area contributed by atoms with Gasteiger partial charge in [0.05, 0.1) is 6.54 Å². The van der Waals surface area contributed by atoms with Crippen LogP contribution < -0.4 is 104 Å². The fraction of sp³-hybridized carbons (Fsp3) is 0.746. The lowest BCUT2D eigenvalue weighted by Gasteiger charge is -2.32. The lowest BCUT2D eigenvalue weighted by Crippen LogP contribution is -2.63. The van der Waals surface area contributed by atoms with Crippen molar-refractivity contribution in [3.8, 4) is 0 Å². The summed E-state index contributed by atoms with van der Waals surface area (Å²) in [7, 11) is 0. The Labute approximate surface area is 546 Å². The molecule has 27 N–H and O–H groups in total. The molecule has 34 heteroatoms. The van der Waals surface area contributed by atoms with Crippen LogP contribution in [0.25, 0.3) is 0 Å². The van der Waals surface area contributed by atoms with Gasteiger partial charge >= 0.3 is 0 Å². The van der Waals surface area contributed by atoms with Crippen molar-refractivity contribution >= 4 is 88.8 Å². The van der Waals surface area contributed by atoms with Crippen molar-refractivity contribution < 1.29 is 57.5 Å². The van der Waals surface area contributed by atoms with E-state index in [1.807, 2.05) is 13.8 Å². The summed E-state index contributed by atoms with van der Waals surface area (Å²) in [6, 6.07) is -13.7. The fourth-order valence-corrected chi connectivity index (χ4v) is 9.14. The summed E-state index contributed by atoms with van der Waals surface area (Å²) < 4.78 is 0. The number of rotatable bonds is 44. The minimum Gasteiger partial charge on any atom is -0.370 e. The number of carbonyl (C=O) groups excluding carboxylic acids is 12. The predicted molar refractivity (Wildman–Crippen MR) is 353 cm³/mol. The van der Waals surface area contributed by atoms with E-state index in [0.717, 1.165) is 0 Å². The molecule has 13 atom stereocenters.